The Morgan fingerprint density at radius 2 is 2.30 bits per heavy atom. The third kappa shape index (κ3) is 3.07. The van der Waals surface area contributed by atoms with Gasteiger partial charge in [0.2, 0.25) is 0 Å². The molecule has 0 radical (unpaired) electrons. The molecule has 2 rings (SSSR count). The molecule has 8 heteroatoms. The molecule has 106 valence electrons. The highest BCUT2D eigenvalue weighted by atomic mass is 79.9. The van der Waals surface area contributed by atoms with Crippen molar-refractivity contribution in [2.24, 2.45) is 0 Å². The largest absolute Gasteiger partial charge is 0.382 e. The van der Waals surface area contributed by atoms with Gasteiger partial charge in [0.25, 0.3) is 5.91 Å². The molecule has 0 aliphatic heterocycles. The third-order valence-electron chi connectivity index (χ3n) is 2.39. The summed E-state index contributed by atoms with van der Waals surface area (Å²) in [4.78, 5) is 16.4. The number of nitrogens with zero attached hydrogens (tertiary/aromatic N) is 1. The van der Waals surface area contributed by atoms with Crippen molar-refractivity contribution in [2.45, 2.75) is 6.92 Å². The van der Waals surface area contributed by atoms with Gasteiger partial charge in [-0.3, -0.25) is 4.79 Å². The molecule has 2 aromatic rings. The number of hydrogen-bond acceptors (Lipinski definition) is 5. The summed E-state index contributed by atoms with van der Waals surface area (Å²) in [7, 11) is 0. The highest BCUT2D eigenvalue weighted by Crippen LogP contribution is 2.29. The van der Waals surface area contributed by atoms with Crippen LogP contribution in [-0.2, 0) is 0 Å². The van der Waals surface area contributed by atoms with Gasteiger partial charge in [-0.1, -0.05) is 17.4 Å². The first-order valence-electron chi connectivity index (χ1n) is 5.78. The zero-order chi connectivity index (χ0) is 14.7. The van der Waals surface area contributed by atoms with Crippen LogP contribution in [0.2, 0.25) is 0 Å². The summed E-state index contributed by atoms with van der Waals surface area (Å²) in [5.41, 5.74) is 5.77. The van der Waals surface area contributed by atoms with E-state index in [-0.39, 0.29) is 16.4 Å². The molecule has 4 N–H and O–H groups in total. The van der Waals surface area contributed by atoms with E-state index in [1.165, 1.54) is 6.07 Å². The van der Waals surface area contributed by atoms with Crippen molar-refractivity contribution in [1.29, 1.82) is 0 Å². The molecular formula is C12H12BrFN4OS. The standard InChI is InChI=1S/C12H12BrFN4OS/c1-2-16-12-18-10(15)9(20-12)11(19)17-8-6(13)4-3-5-7(8)14/h3-5H,2,15H2,1H3,(H,16,18)(H,17,19). The lowest BCUT2D eigenvalue weighted by Crippen LogP contribution is -2.13. The highest BCUT2D eigenvalue weighted by Gasteiger charge is 2.18. The van der Waals surface area contributed by atoms with E-state index in [4.69, 9.17) is 5.73 Å². The molecule has 0 unspecified atom stereocenters. The molecule has 1 aromatic heterocycles. The van der Waals surface area contributed by atoms with Crippen molar-refractivity contribution in [3.05, 3.63) is 33.4 Å². The lowest BCUT2D eigenvalue weighted by molar-refractivity contribution is 0.103. The molecule has 5 nitrogen and oxygen atoms in total. The van der Waals surface area contributed by atoms with Gasteiger partial charge in [-0.05, 0) is 35.0 Å². The van der Waals surface area contributed by atoms with Gasteiger partial charge >= 0.3 is 0 Å². The Morgan fingerprint density at radius 1 is 1.55 bits per heavy atom. The van der Waals surface area contributed by atoms with E-state index in [9.17, 15) is 9.18 Å². The van der Waals surface area contributed by atoms with E-state index in [0.717, 1.165) is 11.3 Å². The summed E-state index contributed by atoms with van der Waals surface area (Å²) in [6, 6.07) is 4.44. The zero-order valence-electron chi connectivity index (χ0n) is 10.5. The van der Waals surface area contributed by atoms with Crippen LogP contribution in [0.3, 0.4) is 0 Å². The minimum absolute atomic E-state index is 0.0790. The molecule has 0 fully saturated rings. The van der Waals surface area contributed by atoms with Crippen LogP contribution in [0.15, 0.2) is 22.7 Å². The van der Waals surface area contributed by atoms with Gasteiger partial charge < -0.3 is 16.4 Å². The van der Waals surface area contributed by atoms with Gasteiger partial charge in [-0.15, -0.1) is 0 Å². The van der Waals surface area contributed by atoms with Crippen molar-refractivity contribution in [3.63, 3.8) is 0 Å². The molecule has 0 spiro atoms. The molecule has 0 saturated heterocycles. The average Bonchev–Trinajstić information content (AvgIpc) is 2.75. The number of amides is 1. The molecule has 0 atom stereocenters. The summed E-state index contributed by atoms with van der Waals surface area (Å²) in [6.07, 6.45) is 0. The summed E-state index contributed by atoms with van der Waals surface area (Å²) < 4.78 is 14.1. The van der Waals surface area contributed by atoms with Gasteiger partial charge in [-0.2, -0.15) is 0 Å². The molecule has 1 aromatic carbocycles. The van der Waals surface area contributed by atoms with E-state index in [1.54, 1.807) is 12.1 Å². The quantitative estimate of drug-likeness (QED) is 0.783. The number of hydrogen-bond donors (Lipinski definition) is 3. The van der Waals surface area contributed by atoms with Crippen LogP contribution in [0.5, 0.6) is 0 Å². The van der Waals surface area contributed by atoms with Crippen LogP contribution in [0.1, 0.15) is 16.6 Å². The molecule has 20 heavy (non-hydrogen) atoms. The molecular weight excluding hydrogens is 347 g/mol. The first-order chi connectivity index (χ1) is 9.52. The van der Waals surface area contributed by atoms with E-state index in [2.05, 4.69) is 31.5 Å². The summed E-state index contributed by atoms with van der Waals surface area (Å²) in [5.74, 6) is -0.895. The van der Waals surface area contributed by atoms with Gasteiger partial charge in [0.15, 0.2) is 5.13 Å². The summed E-state index contributed by atoms with van der Waals surface area (Å²) >= 11 is 4.31. The smallest absolute Gasteiger partial charge is 0.269 e. The Hall–Kier alpha value is -1.67. The second-order valence-corrected chi connectivity index (χ2v) is 5.67. The zero-order valence-corrected chi connectivity index (χ0v) is 12.9. The lowest BCUT2D eigenvalue weighted by atomic mass is 10.3. The van der Waals surface area contributed by atoms with Gasteiger partial charge in [-0.25, -0.2) is 9.37 Å². The molecule has 0 aliphatic carbocycles. The number of aromatic nitrogens is 1. The summed E-state index contributed by atoms with van der Waals surface area (Å²) in [5, 5.41) is 6.03. The number of carbonyl (C=O) groups is 1. The topological polar surface area (TPSA) is 80.0 Å². The minimum atomic E-state index is -0.525. The lowest BCUT2D eigenvalue weighted by Gasteiger charge is -2.07. The fourth-order valence-electron chi connectivity index (χ4n) is 1.51. The second kappa shape index (κ2) is 6.19. The molecule has 1 heterocycles. The molecule has 0 saturated carbocycles. The predicted octanol–water partition coefficient (Wildman–Crippen LogP) is 3.31. The number of carbonyl (C=O) groups excluding carboxylic acids is 1. The predicted molar refractivity (Wildman–Crippen MR) is 82.7 cm³/mol. The van der Waals surface area contributed by atoms with Gasteiger partial charge in [0.1, 0.15) is 16.5 Å². The number of thiazole rings is 1. The number of benzene rings is 1. The Kier molecular flexibility index (Phi) is 4.56. The van der Waals surface area contributed by atoms with Crippen LogP contribution < -0.4 is 16.4 Å². The monoisotopic (exact) mass is 358 g/mol. The first kappa shape index (κ1) is 14.7. The number of anilines is 3. The maximum Gasteiger partial charge on any atom is 0.269 e. The number of nitrogens with two attached hydrogens (primary N) is 1. The van der Waals surface area contributed by atoms with Crippen LogP contribution in [0.25, 0.3) is 0 Å². The SMILES string of the molecule is CCNc1nc(N)c(C(=O)Nc2c(F)cccc2Br)s1. The Morgan fingerprint density at radius 3 is 2.95 bits per heavy atom. The third-order valence-corrected chi connectivity index (χ3v) is 4.08. The Labute approximate surface area is 127 Å². The molecule has 0 bridgehead atoms. The van der Waals surface area contributed by atoms with Crippen molar-refractivity contribution in [2.75, 3.05) is 22.9 Å². The molecule has 0 aliphatic rings. The van der Waals surface area contributed by atoms with E-state index >= 15 is 0 Å². The van der Waals surface area contributed by atoms with E-state index in [1.807, 2.05) is 6.92 Å². The van der Waals surface area contributed by atoms with Crippen LogP contribution >= 0.6 is 27.3 Å². The highest BCUT2D eigenvalue weighted by molar-refractivity contribution is 9.10. The molecule has 1 amide bonds. The fraction of sp³-hybridized carbons (Fsp3) is 0.167. The van der Waals surface area contributed by atoms with Crippen molar-refractivity contribution >= 4 is 49.8 Å². The van der Waals surface area contributed by atoms with Crippen LogP contribution in [-0.4, -0.2) is 17.4 Å². The Bertz CT molecular complexity index is 626. The van der Waals surface area contributed by atoms with Crippen LogP contribution in [0, 0.1) is 5.82 Å². The maximum atomic E-state index is 13.7. The number of nitrogens with one attached hydrogen (secondary N) is 2. The normalized spacial score (nSPS) is 10.3. The first-order valence-corrected chi connectivity index (χ1v) is 7.39. The van der Waals surface area contributed by atoms with Gasteiger partial charge in [0, 0.05) is 11.0 Å². The Balaban J connectivity index is 2.24. The summed E-state index contributed by atoms with van der Waals surface area (Å²) in [6.45, 7) is 2.58. The maximum absolute atomic E-state index is 13.7. The van der Waals surface area contributed by atoms with Crippen LogP contribution in [0.4, 0.5) is 21.0 Å². The number of nitrogen functional groups attached to an aromatic ring is 1. The average molecular weight is 359 g/mol. The van der Waals surface area contributed by atoms with Crippen molar-refractivity contribution in [3.8, 4) is 0 Å². The van der Waals surface area contributed by atoms with Crippen molar-refractivity contribution < 1.29 is 9.18 Å². The van der Waals surface area contributed by atoms with Gasteiger partial charge in [0.05, 0.1) is 5.69 Å². The number of halogens is 2. The van der Waals surface area contributed by atoms with E-state index in [0.29, 0.717) is 16.1 Å². The van der Waals surface area contributed by atoms with E-state index < -0.39 is 11.7 Å². The number of para-hydroxylation sites is 1. The number of rotatable bonds is 4. The minimum Gasteiger partial charge on any atom is -0.382 e. The fourth-order valence-corrected chi connectivity index (χ4v) is 2.80. The van der Waals surface area contributed by atoms with Crippen molar-refractivity contribution in [1.82, 2.24) is 4.98 Å². The second-order valence-electron chi connectivity index (χ2n) is 3.81.